The SMILES string of the molecule is CCCS(=O)(=O)N1CCC2(CC1)c1ccccc1CC2CNC(=O)c1ccc(Cl)cc1Cl. The molecule has 4 rings (SSSR count). The van der Waals surface area contributed by atoms with Gasteiger partial charge in [-0.1, -0.05) is 54.4 Å². The Morgan fingerprint density at radius 3 is 2.56 bits per heavy atom. The van der Waals surface area contributed by atoms with Crippen LogP contribution in [0.25, 0.3) is 0 Å². The number of benzene rings is 2. The van der Waals surface area contributed by atoms with Crippen LogP contribution < -0.4 is 5.32 Å². The molecule has 0 saturated carbocycles. The first-order valence-corrected chi connectivity index (χ1v) is 13.4. The first-order chi connectivity index (χ1) is 15.3. The first-order valence-electron chi connectivity index (χ1n) is 11.1. The van der Waals surface area contributed by atoms with Gasteiger partial charge in [0.1, 0.15) is 0 Å². The van der Waals surface area contributed by atoms with E-state index >= 15 is 0 Å². The normalized spacial score (nSPS) is 20.3. The number of amides is 1. The number of carbonyl (C=O) groups is 1. The first kappa shape index (κ1) is 23.6. The molecule has 1 amide bonds. The van der Waals surface area contributed by atoms with Crippen LogP contribution in [0.5, 0.6) is 0 Å². The molecule has 0 aromatic heterocycles. The molecule has 172 valence electrons. The van der Waals surface area contributed by atoms with Crippen molar-refractivity contribution < 1.29 is 13.2 Å². The van der Waals surface area contributed by atoms with Gasteiger partial charge in [-0.3, -0.25) is 4.79 Å². The number of piperidine rings is 1. The van der Waals surface area contributed by atoms with Gasteiger partial charge >= 0.3 is 0 Å². The number of carbonyl (C=O) groups excluding carboxylic acids is 1. The van der Waals surface area contributed by atoms with Crippen molar-refractivity contribution in [2.75, 3.05) is 25.4 Å². The summed E-state index contributed by atoms with van der Waals surface area (Å²) >= 11 is 12.2. The van der Waals surface area contributed by atoms with Crippen molar-refractivity contribution in [1.82, 2.24) is 9.62 Å². The van der Waals surface area contributed by atoms with Gasteiger partial charge in [-0.2, -0.15) is 0 Å². The molecule has 1 heterocycles. The summed E-state index contributed by atoms with van der Waals surface area (Å²) < 4.78 is 26.8. The molecule has 8 heteroatoms. The molecular formula is C24H28Cl2N2O3S. The zero-order valence-electron chi connectivity index (χ0n) is 18.1. The third-order valence-electron chi connectivity index (χ3n) is 6.96. The largest absolute Gasteiger partial charge is 0.352 e. The quantitative estimate of drug-likeness (QED) is 0.634. The molecule has 1 atom stereocenters. The Kier molecular flexibility index (Phi) is 6.87. The zero-order valence-corrected chi connectivity index (χ0v) is 20.4. The van der Waals surface area contributed by atoms with Crippen molar-refractivity contribution in [3.8, 4) is 0 Å². The molecule has 5 nitrogen and oxygen atoms in total. The highest BCUT2D eigenvalue weighted by Gasteiger charge is 2.49. The summed E-state index contributed by atoms with van der Waals surface area (Å²) in [5.41, 5.74) is 2.87. The van der Waals surface area contributed by atoms with Crippen LogP contribution in [0.15, 0.2) is 42.5 Å². The number of halogens is 2. The molecule has 1 aliphatic carbocycles. The van der Waals surface area contributed by atoms with E-state index in [9.17, 15) is 13.2 Å². The molecular weight excluding hydrogens is 467 g/mol. The number of rotatable bonds is 6. The molecule has 1 saturated heterocycles. The van der Waals surface area contributed by atoms with E-state index in [4.69, 9.17) is 23.2 Å². The van der Waals surface area contributed by atoms with Gasteiger partial charge in [-0.05, 0) is 60.9 Å². The molecule has 1 unspecified atom stereocenters. The van der Waals surface area contributed by atoms with Crippen LogP contribution in [0, 0.1) is 5.92 Å². The Bertz CT molecular complexity index is 1110. The van der Waals surface area contributed by atoms with Crippen LogP contribution in [0.3, 0.4) is 0 Å². The predicted octanol–water partition coefficient (Wildman–Crippen LogP) is 4.67. The second kappa shape index (κ2) is 9.34. The fraction of sp³-hybridized carbons (Fsp3) is 0.458. The Balaban J connectivity index is 1.53. The van der Waals surface area contributed by atoms with E-state index in [0.29, 0.717) is 41.7 Å². The molecule has 2 aromatic rings. The van der Waals surface area contributed by atoms with Crippen molar-refractivity contribution in [2.24, 2.45) is 5.92 Å². The lowest BCUT2D eigenvalue weighted by Crippen LogP contribution is -2.49. The maximum absolute atomic E-state index is 12.8. The molecule has 1 N–H and O–H groups in total. The molecule has 2 aromatic carbocycles. The maximum Gasteiger partial charge on any atom is 0.252 e. The minimum atomic E-state index is -3.21. The number of sulfonamides is 1. The van der Waals surface area contributed by atoms with E-state index in [-0.39, 0.29) is 23.0 Å². The molecule has 1 fully saturated rings. The molecule has 0 bridgehead atoms. The lowest BCUT2D eigenvalue weighted by Gasteiger charge is -2.43. The molecule has 32 heavy (non-hydrogen) atoms. The Hall–Kier alpha value is -1.60. The highest BCUT2D eigenvalue weighted by molar-refractivity contribution is 7.89. The van der Waals surface area contributed by atoms with Crippen molar-refractivity contribution in [2.45, 2.75) is 38.0 Å². The van der Waals surface area contributed by atoms with Gasteiger partial charge in [-0.25, -0.2) is 12.7 Å². The summed E-state index contributed by atoms with van der Waals surface area (Å²) in [4.78, 5) is 12.8. The van der Waals surface area contributed by atoms with Gasteiger partial charge in [0.15, 0.2) is 0 Å². The third kappa shape index (κ3) is 4.43. The number of hydrogen-bond donors (Lipinski definition) is 1. The average Bonchev–Trinajstić information content (AvgIpc) is 3.05. The molecule has 2 aliphatic rings. The minimum absolute atomic E-state index is 0.133. The summed E-state index contributed by atoms with van der Waals surface area (Å²) in [6, 6.07) is 13.3. The fourth-order valence-corrected chi connectivity index (χ4v) is 7.35. The average molecular weight is 495 g/mol. The van der Waals surface area contributed by atoms with Gasteiger partial charge < -0.3 is 5.32 Å². The lowest BCUT2D eigenvalue weighted by molar-refractivity contribution is 0.0930. The van der Waals surface area contributed by atoms with Gasteiger partial charge in [0.2, 0.25) is 10.0 Å². The topological polar surface area (TPSA) is 66.5 Å². The molecule has 1 aliphatic heterocycles. The third-order valence-corrected chi connectivity index (χ3v) is 9.58. The van der Waals surface area contributed by atoms with E-state index in [1.54, 1.807) is 22.5 Å². The lowest BCUT2D eigenvalue weighted by atomic mass is 9.68. The van der Waals surface area contributed by atoms with Crippen LogP contribution in [0.4, 0.5) is 0 Å². The number of nitrogens with zero attached hydrogens (tertiary/aromatic N) is 1. The standard InChI is InChI=1S/C24H28Cl2N2O3S/c1-2-13-32(30,31)28-11-9-24(10-12-28)18(14-17-5-3-4-6-21(17)24)16-27-23(29)20-8-7-19(25)15-22(20)26/h3-8,15,18H,2,9-14,16H2,1H3,(H,27,29). The summed E-state index contributed by atoms with van der Waals surface area (Å²) in [7, 11) is -3.21. The molecule has 1 spiro atoms. The van der Waals surface area contributed by atoms with Crippen LogP contribution in [-0.4, -0.2) is 44.0 Å². The summed E-state index contributed by atoms with van der Waals surface area (Å²) in [5.74, 6) is 0.171. The monoisotopic (exact) mass is 494 g/mol. The Labute approximate surface area is 200 Å². The van der Waals surface area contributed by atoms with Crippen LogP contribution >= 0.6 is 23.2 Å². The predicted molar refractivity (Wildman–Crippen MR) is 129 cm³/mol. The number of hydrogen-bond acceptors (Lipinski definition) is 3. The number of fused-ring (bicyclic) bond motifs is 2. The summed E-state index contributed by atoms with van der Waals surface area (Å²) in [5, 5.41) is 3.89. The Morgan fingerprint density at radius 2 is 1.88 bits per heavy atom. The van der Waals surface area contributed by atoms with Crippen LogP contribution in [-0.2, 0) is 21.9 Å². The highest BCUT2D eigenvalue weighted by Crippen LogP contribution is 2.50. The Morgan fingerprint density at radius 1 is 1.16 bits per heavy atom. The summed E-state index contributed by atoms with van der Waals surface area (Å²) in [6.45, 7) is 3.43. The van der Waals surface area contributed by atoms with Gasteiger partial charge in [0.25, 0.3) is 5.91 Å². The second-order valence-electron chi connectivity index (χ2n) is 8.76. The maximum atomic E-state index is 12.8. The zero-order chi connectivity index (χ0) is 22.9. The van der Waals surface area contributed by atoms with Crippen molar-refractivity contribution >= 4 is 39.1 Å². The smallest absolute Gasteiger partial charge is 0.252 e. The van der Waals surface area contributed by atoms with E-state index < -0.39 is 10.0 Å². The van der Waals surface area contributed by atoms with Crippen molar-refractivity contribution in [3.05, 3.63) is 69.2 Å². The van der Waals surface area contributed by atoms with E-state index in [0.717, 1.165) is 19.3 Å². The van der Waals surface area contributed by atoms with Crippen molar-refractivity contribution in [1.29, 1.82) is 0 Å². The van der Waals surface area contributed by atoms with E-state index in [1.807, 2.05) is 13.0 Å². The van der Waals surface area contributed by atoms with Gasteiger partial charge in [0.05, 0.1) is 16.3 Å². The van der Waals surface area contributed by atoms with Crippen molar-refractivity contribution in [3.63, 3.8) is 0 Å². The number of nitrogens with one attached hydrogen (secondary N) is 1. The van der Waals surface area contributed by atoms with Gasteiger partial charge in [0, 0.05) is 30.1 Å². The van der Waals surface area contributed by atoms with E-state index in [2.05, 4.69) is 23.5 Å². The highest BCUT2D eigenvalue weighted by atomic mass is 35.5. The second-order valence-corrected chi connectivity index (χ2v) is 11.7. The fourth-order valence-electron chi connectivity index (χ4n) is 5.35. The van der Waals surface area contributed by atoms with E-state index in [1.165, 1.54) is 11.1 Å². The summed E-state index contributed by atoms with van der Waals surface area (Å²) in [6.07, 6.45) is 3.01. The minimum Gasteiger partial charge on any atom is -0.352 e. The van der Waals surface area contributed by atoms with Crippen LogP contribution in [0.2, 0.25) is 10.0 Å². The van der Waals surface area contributed by atoms with Gasteiger partial charge in [-0.15, -0.1) is 0 Å². The van der Waals surface area contributed by atoms with Crippen LogP contribution in [0.1, 0.15) is 47.7 Å². The molecule has 0 radical (unpaired) electrons.